The van der Waals surface area contributed by atoms with Gasteiger partial charge >= 0.3 is 0 Å². The lowest BCUT2D eigenvalue weighted by atomic mass is 10.1. The molecule has 2 aromatic rings. The molecule has 0 bridgehead atoms. The third-order valence-corrected chi connectivity index (χ3v) is 2.99. The van der Waals surface area contributed by atoms with Gasteiger partial charge in [0.1, 0.15) is 11.5 Å². The Bertz CT molecular complexity index is 575. The summed E-state index contributed by atoms with van der Waals surface area (Å²) in [6.07, 6.45) is 0. The second kappa shape index (κ2) is 5.71. The minimum absolute atomic E-state index is 0.338. The molecule has 2 rings (SSSR count). The standard InChI is InChI=1S/C15H18N2O2/c1-10-6-7-14(19-10)13-5-3-4-12(8-13)9-17-11(2)15(16)18/h3-8,11,17H,9H2,1-2H3,(H2,16,18)/t11-/m0/s1. The maximum absolute atomic E-state index is 11.0. The van der Waals surface area contributed by atoms with Crippen molar-refractivity contribution in [1.29, 1.82) is 0 Å². The molecule has 0 fully saturated rings. The number of primary amides is 1. The predicted octanol–water partition coefficient (Wildman–Crippen LogP) is 2.22. The Morgan fingerprint density at radius 1 is 1.37 bits per heavy atom. The van der Waals surface area contributed by atoms with Gasteiger partial charge in [-0.15, -0.1) is 0 Å². The third kappa shape index (κ3) is 3.45. The van der Waals surface area contributed by atoms with Crippen LogP contribution in [0.4, 0.5) is 0 Å². The number of rotatable bonds is 5. The van der Waals surface area contributed by atoms with E-state index in [9.17, 15) is 4.79 Å². The van der Waals surface area contributed by atoms with Crippen molar-refractivity contribution >= 4 is 5.91 Å². The highest BCUT2D eigenvalue weighted by Gasteiger charge is 2.08. The Labute approximate surface area is 112 Å². The van der Waals surface area contributed by atoms with E-state index in [2.05, 4.69) is 5.32 Å². The first-order chi connectivity index (χ1) is 9.06. The van der Waals surface area contributed by atoms with E-state index in [-0.39, 0.29) is 11.9 Å². The molecule has 0 saturated carbocycles. The van der Waals surface area contributed by atoms with Gasteiger partial charge in [-0.05, 0) is 37.6 Å². The monoisotopic (exact) mass is 258 g/mol. The number of hydrogen-bond acceptors (Lipinski definition) is 3. The molecule has 0 radical (unpaired) electrons. The summed E-state index contributed by atoms with van der Waals surface area (Å²) in [7, 11) is 0. The van der Waals surface area contributed by atoms with Gasteiger partial charge in [0.05, 0.1) is 6.04 Å². The number of hydrogen-bond donors (Lipinski definition) is 2. The van der Waals surface area contributed by atoms with E-state index in [0.717, 1.165) is 22.6 Å². The van der Waals surface area contributed by atoms with Crippen LogP contribution in [0.25, 0.3) is 11.3 Å². The second-order valence-electron chi connectivity index (χ2n) is 4.62. The summed E-state index contributed by atoms with van der Waals surface area (Å²) in [5.74, 6) is 1.39. The van der Waals surface area contributed by atoms with E-state index in [1.165, 1.54) is 0 Å². The van der Waals surface area contributed by atoms with E-state index in [0.29, 0.717) is 6.54 Å². The molecular weight excluding hydrogens is 240 g/mol. The number of benzene rings is 1. The molecule has 19 heavy (non-hydrogen) atoms. The summed E-state index contributed by atoms with van der Waals surface area (Å²) in [6, 6.07) is 11.6. The molecule has 1 aromatic carbocycles. The van der Waals surface area contributed by atoms with Crippen molar-refractivity contribution in [2.24, 2.45) is 5.73 Å². The van der Waals surface area contributed by atoms with Gasteiger partial charge in [0.2, 0.25) is 5.91 Å². The summed E-state index contributed by atoms with van der Waals surface area (Å²) < 4.78 is 5.59. The Hall–Kier alpha value is -2.07. The molecule has 0 unspecified atom stereocenters. The van der Waals surface area contributed by atoms with Crippen molar-refractivity contribution in [1.82, 2.24) is 5.32 Å². The molecule has 1 heterocycles. The number of aryl methyl sites for hydroxylation is 1. The second-order valence-corrected chi connectivity index (χ2v) is 4.62. The molecule has 100 valence electrons. The van der Waals surface area contributed by atoms with Crippen LogP contribution in [0.2, 0.25) is 0 Å². The lowest BCUT2D eigenvalue weighted by molar-refractivity contribution is -0.119. The predicted molar refractivity (Wildman–Crippen MR) is 74.4 cm³/mol. The average molecular weight is 258 g/mol. The average Bonchev–Trinajstić information content (AvgIpc) is 2.83. The molecule has 0 aliphatic rings. The van der Waals surface area contributed by atoms with Gasteiger partial charge in [-0.25, -0.2) is 0 Å². The fourth-order valence-electron chi connectivity index (χ4n) is 1.80. The number of carbonyl (C=O) groups excluding carboxylic acids is 1. The third-order valence-electron chi connectivity index (χ3n) is 2.99. The van der Waals surface area contributed by atoms with Crippen LogP contribution in [0.5, 0.6) is 0 Å². The van der Waals surface area contributed by atoms with Crippen LogP contribution in [0.3, 0.4) is 0 Å². The molecule has 0 aliphatic carbocycles. The SMILES string of the molecule is Cc1ccc(-c2cccc(CN[C@@H](C)C(N)=O)c2)o1. The molecule has 4 heteroatoms. The van der Waals surface area contributed by atoms with Crippen molar-refractivity contribution in [2.75, 3.05) is 0 Å². The van der Waals surface area contributed by atoms with Crippen molar-refractivity contribution < 1.29 is 9.21 Å². The van der Waals surface area contributed by atoms with Gasteiger partial charge in [0, 0.05) is 12.1 Å². The summed E-state index contributed by atoms with van der Waals surface area (Å²) in [5.41, 5.74) is 7.32. The van der Waals surface area contributed by atoms with Crippen LogP contribution in [-0.2, 0) is 11.3 Å². The Morgan fingerprint density at radius 3 is 2.79 bits per heavy atom. The molecule has 1 atom stereocenters. The highest BCUT2D eigenvalue weighted by atomic mass is 16.3. The zero-order valence-electron chi connectivity index (χ0n) is 11.1. The van der Waals surface area contributed by atoms with Gasteiger partial charge in [0.25, 0.3) is 0 Å². The summed E-state index contributed by atoms with van der Waals surface area (Å²) in [5, 5.41) is 3.08. The van der Waals surface area contributed by atoms with E-state index in [1.807, 2.05) is 43.3 Å². The smallest absolute Gasteiger partial charge is 0.234 e. The van der Waals surface area contributed by atoms with Crippen LogP contribution < -0.4 is 11.1 Å². The maximum Gasteiger partial charge on any atom is 0.234 e. The summed E-state index contributed by atoms with van der Waals surface area (Å²) in [6.45, 7) is 4.27. The zero-order valence-corrected chi connectivity index (χ0v) is 11.1. The molecule has 0 spiro atoms. The first-order valence-corrected chi connectivity index (χ1v) is 6.24. The zero-order chi connectivity index (χ0) is 13.8. The van der Waals surface area contributed by atoms with Gasteiger partial charge < -0.3 is 15.5 Å². The topological polar surface area (TPSA) is 68.3 Å². The van der Waals surface area contributed by atoms with Crippen LogP contribution in [0.15, 0.2) is 40.8 Å². The van der Waals surface area contributed by atoms with Crippen molar-refractivity contribution in [3.8, 4) is 11.3 Å². The number of nitrogens with two attached hydrogens (primary N) is 1. The minimum Gasteiger partial charge on any atom is -0.461 e. The highest BCUT2D eigenvalue weighted by Crippen LogP contribution is 2.22. The number of carbonyl (C=O) groups is 1. The quantitative estimate of drug-likeness (QED) is 0.864. The first-order valence-electron chi connectivity index (χ1n) is 6.24. The number of nitrogens with one attached hydrogen (secondary N) is 1. The van der Waals surface area contributed by atoms with E-state index < -0.39 is 0 Å². The van der Waals surface area contributed by atoms with Crippen LogP contribution in [0, 0.1) is 6.92 Å². The van der Waals surface area contributed by atoms with E-state index in [1.54, 1.807) is 6.92 Å². The Balaban J connectivity index is 2.09. The van der Waals surface area contributed by atoms with Gasteiger partial charge in [-0.1, -0.05) is 18.2 Å². The largest absolute Gasteiger partial charge is 0.461 e. The molecule has 4 nitrogen and oxygen atoms in total. The Morgan fingerprint density at radius 2 is 2.16 bits per heavy atom. The fraction of sp³-hybridized carbons (Fsp3) is 0.267. The van der Waals surface area contributed by atoms with Crippen molar-refractivity contribution in [3.63, 3.8) is 0 Å². The molecule has 1 amide bonds. The summed E-state index contributed by atoms with van der Waals surface area (Å²) >= 11 is 0. The summed E-state index contributed by atoms with van der Waals surface area (Å²) in [4.78, 5) is 11.0. The molecule has 0 aliphatic heterocycles. The van der Waals surface area contributed by atoms with Crippen LogP contribution in [0.1, 0.15) is 18.2 Å². The highest BCUT2D eigenvalue weighted by molar-refractivity contribution is 5.79. The van der Waals surface area contributed by atoms with Gasteiger partial charge in [-0.3, -0.25) is 4.79 Å². The first kappa shape index (κ1) is 13.4. The van der Waals surface area contributed by atoms with Crippen LogP contribution in [-0.4, -0.2) is 11.9 Å². The minimum atomic E-state index is -0.349. The normalized spacial score (nSPS) is 12.3. The fourth-order valence-corrected chi connectivity index (χ4v) is 1.80. The molecule has 1 aromatic heterocycles. The molecular formula is C15H18N2O2. The number of furan rings is 1. The number of amides is 1. The van der Waals surface area contributed by atoms with Crippen LogP contribution >= 0.6 is 0 Å². The Kier molecular flexibility index (Phi) is 4.02. The van der Waals surface area contributed by atoms with E-state index >= 15 is 0 Å². The van der Waals surface area contributed by atoms with Crippen molar-refractivity contribution in [2.45, 2.75) is 26.4 Å². The molecule has 0 saturated heterocycles. The molecule has 3 N–H and O–H groups in total. The van der Waals surface area contributed by atoms with Gasteiger partial charge in [0.15, 0.2) is 0 Å². The lowest BCUT2D eigenvalue weighted by Gasteiger charge is -2.10. The van der Waals surface area contributed by atoms with E-state index in [4.69, 9.17) is 10.2 Å². The van der Waals surface area contributed by atoms with Gasteiger partial charge in [-0.2, -0.15) is 0 Å². The maximum atomic E-state index is 11.0. The lowest BCUT2D eigenvalue weighted by Crippen LogP contribution is -2.38. The van der Waals surface area contributed by atoms with Crippen molar-refractivity contribution in [3.05, 3.63) is 47.7 Å².